The van der Waals surface area contributed by atoms with Crippen molar-refractivity contribution in [3.63, 3.8) is 0 Å². The lowest BCUT2D eigenvalue weighted by Crippen LogP contribution is -2.03. The Kier molecular flexibility index (Phi) is 4.95. The molecule has 0 atom stereocenters. The topological polar surface area (TPSA) is 39.2 Å². The molecule has 0 spiro atoms. The predicted molar refractivity (Wildman–Crippen MR) is 102 cm³/mol. The summed E-state index contributed by atoms with van der Waals surface area (Å²) in [6, 6.07) is 12.1. The molecule has 3 aromatic rings. The second-order valence-corrected chi connectivity index (χ2v) is 8.20. The van der Waals surface area contributed by atoms with Crippen LogP contribution in [0.5, 0.6) is 0 Å². The number of carbonyl (C=O) groups excluding carboxylic acids is 1. The van der Waals surface area contributed by atoms with Gasteiger partial charge in [-0.15, -0.1) is 22.7 Å². The molecule has 0 N–H and O–H groups in total. The molecule has 3 nitrogen and oxygen atoms in total. The van der Waals surface area contributed by atoms with E-state index in [0.717, 1.165) is 34.0 Å². The number of carbonyl (C=O) groups is 1. The average Bonchev–Trinajstić information content (AvgIpc) is 3.23. The third kappa shape index (κ3) is 3.83. The molecule has 1 aromatic carbocycles. The Morgan fingerprint density at radius 2 is 1.96 bits per heavy atom. The van der Waals surface area contributed by atoms with Gasteiger partial charge in [0.15, 0.2) is 0 Å². The van der Waals surface area contributed by atoms with Crippen LogP contribution in [-0.4, -0.2) is 11.0 Å². The SMILES string of the molecule is O=C(OCc1csc(-c2ccccc2)n1)c1cc2c(s1)CCCCC2. The number of aryl methyl sites for hydroxylation is 2. The molecular formula is C20H19NO2S2. The first-order valence-corrected chi connectivity index (χ1v) is 10.3. The zero-order valence-corrected chi connectivity index (χ0v) is 15.5. The molecule has 0 fully saturated rings. The molecule has 0 unspecified atom stereocenters. The summed E-state index contributed by atoms with van der Waals surface area (Å²) >= 11 is 3.18. The van der Waals surface area contributed by atoms with Crippen LogP contribution in [0.15, 0.2) is 41.8 Å². The van der Waals surface area contributed by atoms with Crippen LogP contribution in [0.3, 0.4) is 0 Å². The van der Waals surface area contributed by atoms with Crippen molar-refractivity contribution < 1.29 is 9.53 Å². The lowest BCUT2D eigenvalue weighted by molar-refractivity contribution is 0.0474. The van der Waals surface area contributed by atoms with Gasteiger partial charge in [0.25, 0.3) is 0 Å². The number of thiazole rings is 1. The van der Waals surface area contributed by atoms with Crippen molar-refractivity contribution in [3.05, 3.63) is 62.8 Å². The molecule has 0 amide bonds. The number of nitrogens with zero attached hydrogens (tertiary/aromatic N) is 1. The van der Waals surface area contributed by atoms with Crippen molar-refractivity contribution in [2.75, 3.05) is 0 Å². The van der Waals surface area contributed by atoms with Crippen LogP contribution in [0.25, 0.3) is 10.6 Å². The standard InChI is InChI=1S/C20H19NO2S2/c22-20(18-11-15-9-5-2-6-10-17(15)25-18)23-12-16-13-24-19(21-16)14-7-3-1-4-8-14/h1,3-4,7-8,11,13H,2,5-6,9-10,12H2. The Morgan fingerprint density at radius 3 is 2.84 bits per heavy atom. The molecule has 1 aliphatic rings. The van der Waals surface area contributed by atoms with Crippen LogP contribution in [0.1, 0.15) is 45.1 Å². The van der Waals surface area contributed by atoms with E-state index in [1.165, 1.54) is 29.7 Å². The van der Waals surface area contributed by atoms with Crippen molar-refractivity contribution in [1.82, 2.24) is 4.98 Å². The normalized spacial score (nSPS) is 13.9. The molecule has 1 aliphatic carbocycles. The van der Waals surface area contributed by atoms with Crippen molar-refractivity contribution in [2.45, 2.75) is 38.7 Å². The number of hydrogen-bond donors (Lipinski definition) is 0. The molecule has 0 saturated carbocycles. The number of rotatable bonds is 4. The summed E-state index contributed by atoms with van der Waals surface area (Å²) in [5.41, 5.74) is 3.23. The fourth-order valence-electron chi connectivity index (χ4n) is 3.07. The molecule has 0 radical (unpaired) electrons. The van der Waals surface area contributed by atoms with Gasteiger partial charge in [0, 0.05) is 15.8 Å². The van der Waals surface area contributed by atoms with E-state index in [4.69, 9.17) is 4.74 Å². The average molecular weight is 370 g/mol. The highest BCUT2D eigenvalue weighted by molar-refractivity contribution is 7.14. The third-order valence-electron chi connectivity index (χ3n) is 4.37. The van der Waals surface area contributed by atoms with Gasteiger partial charge >= 0.3 is 5.97 Å². The van der Waals surface area contributed by atoms with E-state index in [0.29, 0.717) is 0 Å². The number of aromatic nitrogens is 1. The van der Waals surface area contributed by atoms with Crippen molar-refractivity contribution in [1.29, 1.82) is 0 Å². The van der Waals surface area contributed by atoms with Crippen LogP contribution in [0, 0.1) is 0 Å². The molecule has 0 aliphatic heterocycles. The summed E-state index contributed by atoms with van der Waals surface area (Å²) in [7, 11) is 0. The minimum atomic E-state index is -0.229. The molecule has 25 heavy (non-hydrogen) atoms. The fourth-order valence-corrected chi connectivity index (χ4v) is 5.02. The van der Waals surface area contributed by atoms with Gasteiger partial charge in [0.05, 0.1) is 5.69 Å². The van der Waals surface area contributed by atoms with Crippen molar-refractivity contribution in [2.24, 2.45) is 0 Å². The van der Waals surface area contributed by atoms with Gasteiger partial charge < -0.3 is 4.74 Å². The maximum absolute atomic E-state index is 12.4. The summed E-state index contributed by atoms with van der Waals surface area (Å²) in [4.78, 5) is 19.0. The molecule has 2 aromatic heterocycles. The van der Waals surface area contributed by atoms with E-state index in [9.17, 15) is 4.79 Å². The summed E-state index contributed by atoms with van der Waals surface area (Å²) in [5.74, 6) is -0.229. The Balaban J connectivity index is 1.40. The van der Waals surface area contributed by atoms with Gasteiger partial charge in [-0.1, -0.05) is 36.8 Å². The highest BCUT2D eigenvalue weighted by Crippen LogP contribution is 2.30. The zero-order chi connectivity index (χ0) is 17.1. The number of fused-ring (bicyclic) bond motifs is 1. The first kappa shape index (κ1) is 16.5. The van der Waals surface area contributed by atoms with E-state index in [1.807, 2.05) is 41.8 Å². The first-order valence-electron chi connectivity index (χ1n) is 8.58. The number of benzene rings is 1. The molecule has 128 valence electrons. The van der Waals surface area contributed by atoms with Crippen LogP contribution >= 0.6 is 22.7 Å². The highest BCUT2D eigenvalue weighted by Gasteiger charge is 2.18. The number of ether oxygens (including phenoxy) is 1. The van der Waals surface area contributed by atoms with Crippen LogP contribution in [0.2, 0.25) is 0 Å². The van der Waals surface area contributed by atoms with Crippen LogP contribution in [0.4, 0.5) is 0 Å². The molecule has 5 heteroatoms. The second-order valence-electron chi connectivity index (χ2n) is 6.21. The summed E-state index contributed by atoms with van der Waals surface area (Å²) in [5, 5.41) is 2.91. The molecule has 4 rings (SSSR count). The Hall–Kier alpha value is -1.98. The van der Waals surface area contributed by atoms with Gasteiger partial charge in [-0.3, -0.25) is 0 Å². The Morgan fingerprint density at radius 1 is 1.12 bits per heavy atom. The van der Waals surface area contributed by atoms with Gasteiger partial charge in [-0.05, 0) is 37.3 Å². The third-order valence-corrected chi connectivity index (χ3v) is 6.53. The van der Waals surface area contributed by atoms with E-state index < -0.39 is 0 Å². The van der Waals surface area contributed by atoms with E-state index in [2.05, 4.69) is 4.98 Å². The lowest BCUT2D eigenvalue weighted by atomic mass is 10.1. The fraction of sp³-hybridized carbons (Fsp3) is 0.300. The van der Waals surface area contributed by atoms with E-state index in [1.54, 1.807) is 22.7 Å². The maximum atomic E-state index is 12.4. The number of esters is 1. The predicted octanol–water partition coefficient (Wildman–Crippen LogP) is 5.50. The minimum Gasteiger partial charge on any atom is -0.455 e. The Bertz CT molecular complexity index is 843. The van der Waals surface area contributed by atoms with Gasteiger partial charge in [-0.2, -0.15) is 0 Å². The molecule has 0 bridgehead atoms. The molecular weight excluding hydrogens is 350 g/mol. The van der Waals surface area contributed by atoms with E-state index >= 15 is 0 Å². The first-order chi connectivity index (χ1) is 12.3. The monoisotopic (exact) mass is 369 g/mol. The summed E-state index contributed by atoms with van der Waals surface area (Å²) < 4.78 is 5.49. The highest BCUT2D eigenvalue weighted by atomic mass is 32.1. The largest absolute Gasteiger partial charge is 0.455 e. The maximum Gasteiger partial charge on any atom is 0.348 e. The summed E-state index contributed by atoms with van der Waals surface area (Å²) in [6.07, 6.45) is 5.92. The van der Waals surface area contributed by atoms with Gasteiger partial charge in [-0.25, -0.2) is 9.78 Å². The zero-order valence-electron chi connectivity index (χ0n) is 13.9. The number of thiophene rings is 1. The smallest absolute Gasteiger partial charge is 0.348 e. The summed E-state index contributed by atoms with van der Waals surface area (Å²) in [6.45, 7) is 0.227. The van der Waals surface area contributed by atoms with Crippen molar-refractivity contribution in [3.8, 4) is 10.6 Å². The molecule has 0 saturated heterocycles. The Labute approximate surface area is 155 Å². The van der Waals surface area contributed by atoms with Gasteiger partial charge in [0.1, 0.15) is 16.5 Å². The second kappa shape index (κ2) is 7.50. The van der Waals surface area contributed by atoms with Crippen LogP contribution in [-0.2, 0) is 24.2 Å². The molecule has 2 heterocycles. The minimum absolute atomic E-state index is 0.227. The number of hydrogen-bond acceptors (Lipinski definition) is 5. The van der Waals surface area contributed by atoms with E-state index in [-0.39, 0.29) is 12.6 Å². The van der Waals surface area contributed by atoms with Gasteiger partial charge in [0.2, 0.25) is 0 Å². The van der Waals surface area contributed by atoms with Crippen molar-refractivity contribution >= 4 is 28.6 Å². The lowest BCUT2D eigenvalue weighted by Gasteiger charge is -2.00. The van der Waals surface area contributed by atoms with Crippen LogP contribution < -0.4 is 0 Å². The quantitative estimate of drug-likeness (QED) is 0.450.